The normalized spacial score (nSPS) is 22.6. The fraction of sp³-hybridized carbons (Fsp3) is 0.474. The topological polar surface area (TPSA) is 140 Å². The molecular formula is C38H44N4O9S. The minimum absolute atomic E-state index is 0.0918. The summed E-state index contributed by atoms with van der Waals surface area (Å²) in [5.41, 5.74) is 3.18. The molecule has 0 aromatic heterocycles. The van der Waals surface area contributed by atoms with Crippen LogP contribution < -0.4 is 23.8 Å². The number of benzene rings is 2. The first-order chi connectivity index (χ1) is 25.0. The van der Waals surface area contributed by atoms with E-state index in [1.54, 1.807) is 35.4 Å². The van der Waals surface area contributed by atoms with Crippen molar-refractivity contribution in [2.24, 2.45) is 4.99 Å². The molecule has 3 amide bonds. The number of amides is 3. The van der Waals surface area contributed by atoms with E-state index in [2.05, 4.69) is 30.8 Å². The SMILES string of the molecule is C=C1CC2C=Nc3cc(OCCCCCOc4cc5c(cc4OC)C(=O)N4CC(=C)C[C@H]4[C@H](O)N5C(=O)OCC4(S)CC4)c(OC)cc3C(=O)N2C1. The molecule has 1 N–H and O–H groups in total. The first-order valence-electron chi connectivity index (χ1n) is 17.6. The zero-order valence-electron chi connectivity index (χ0n) is 29.5. The number of hydrogen-bond donors (Lipinski definition) is 2. The van der Waals surface area contributed by atoms with Gasteiger partial charge in [-0.05, 0) is 57.1 Å². The van der Waals surface area contributed by atoms with Gasteiger partial charge in [-0.25, -0.2) is 9.69 Å². The molecule has 1 aliphatic carbocycles. The Morgan fingerprint density at radius 3 is 2.17 bits per heavy atom. The number of thiol groups is 1. The van der Waals surface area contributed by atoms with Crippen LogP contribution >= 0.6 is 12.6 Å². The van der Waals surface area contributed by atoms with Gasteiger partial charge >= 0.3 is 6.09 Å². The highest BCUT2D eigenvalue weighted by atomic mass is 32.1. The Morgan fingerprint density at radius 2 is 1.50 bits per heavy atom. The molecule has 1 unspecified atom stereocenters. The summed E-state index contributed by atoms with van der Waals surface area (Å²) >= 11 is 4.56. The van der Waals surface area contributed by atoms with Crippen molar-refractivity contribution in [3.8, 4) is 23.0 Å². The van der Waals surface area contributed by atoms with Crippen molar-refractivity contribution in [1.29, 1.82) is 0 Å². The van der Waals surface area contributed by atoms with Gasteiger partial charge in [0, 0.05) is 36.2 Å². The van der Waals surface area contributed by atoms with E-state index >= 15 is 0 Å². The molecule has 4 heterocycles. The van der Waals surface area contributed by atoms with Crippen LogP contribution in [0.4, 0.5) is 16.2 Å². The molecule has 0 bridgehead atoms. The number of aliphatic hydroxyl groups excluding tert-OH is 1. The summed E-state index contributed by atoms with van der Waals surface area (Å²) < 4.78 is 28.6. The maximum atomic E-state index is 13.8. The van der Waals surface area contributed by atoms with Gasteiger partial charge in [-0.3, -0.25) is 14.6 Å². The molecule has 0 spiro atoms. The molecule has 0 radical (unpaired) electrons. The third-order valence-electron chi connectivity index (χ3n) is 10.2. The maximum absolute atomic E-state index is 13.8. The summed E-state index contributed by atoms with van der Waals surface area (Å²) in [5.74, 6) is 1.17. The highest BCUT2D eigenvalue weighted by Crippen LogP contribution is 2.44. The average molecular weight is 733 g/mol. The van der Waals surface area contributed by atoms with Crippen LogP contribution in [0.25, 0.3) is 0 Å². The van der Waals surface area contributed by atoms with Gasteiger partial charge in [-0.1, -0.05) is 24.3 Å². The molecule has 3 atom stereocenters. The summed E-state index contributed by atoms with van der Waals surface area (Å²) in [6.07, 6.45) is 4.52. The van der Waals surface area contributed by atoms with Crippen LogP contribution in [0.1, 0.15) is 65.7 Å². The van der Waals surface area contributed by atoms with E-state index in [-0.39, 0.29) is 47.0 Å². The molecule has 5 aliphatic rings. The van der Waals surface area contributed by atoms with Crippen molar-refractivity contribution in [2.45, 2.75) is 68.0 Å². The van der Waals surface area contributed by atoms with E-state index < -0.39 is 18.4 Å². The van der Waals surface area contributed by atoms with Gasteiger partial charge in [0.15, 0.2) is 29.2 Å². The second-order valence-electron chi connectivity index (χ2n) is 14.0. The number of nitrogens with zero attached hydrogens (tertiary/aromatic N) is 4. The average Bonchev–Trinajstić information content (AvgIpc) is 3.62. The number of aliphatic hydroxyl groups is 1. The van der Waals surface area contributed by atoms with E-state index in [9.17, 15) is 19.5 Å². The molecule has 7 rings (SSSR count). The lowest BCUT2D eigenvalue weighted by molar-refractivity contribution is 0.0489. The zero-order chi connectivity index (χ0) is 36.7. The predicted octanol–water partition coefficient (Wildman–Crippen LogP) is 5.33. The number of fused-ring (bicyclic) bond motifs is 4. The molecule has 52 heavy (non-hydrogen) atoms. The molecule has 14 heteroatoms. The first kappa shape index (κ1) is 35.7. The van der Waals surface area contributed by atoms with E-state index in [0.29, 0.717) is 79.7 Å². The third-order valence-corrected chi connectivity index (χ3v) is 10.8. The van der Waals surface area contributed by atoms with Crippen molar-refractivity contribution >= 4 is 48.1 Å². The van der Waals surface area contributed by atoms with Crippen molar-refractivity contribution in [3.05, 3.63) is 59.7 Å². The Morgan fingerprint density at radius 1 is 0.885 bits per heavy atom. The Balaban J connectivity index is 0.991. The fourth-order valence-electron chi connectivity index (χ4n) is 7.09. The van der Waals surface area contributed by atoms with Gasteiger partial charge in [0.1, 0.15) is 6.61 Å². The number of rotatable bonds is 12. The number of carbonyl (C=O) groups excluding carboxylic acids is 3. The van der Waals surface area contributed by atoms with Gasteiger partial charge in [0.05, 0.1) is 62.0 Å². The quantitative estimate of drug-likeness (QED) is 0.169. The van der Waals surface area contributed by atoms with E-state index in [0.717, 1.165) is 35.3 Å². The van der Waals surface area contributed by atoms with Crippen molar-refractivity contribution in [2.75, 3.05) is 52.0 Å². The molecule has 276 valence electrons. The lowest BCUT2D eigenvalue weighted by Gasteiger charge is -2.31. The molecular weight excluding hydrogens is 689 g/mol. The minimum Gasteiger partial charge on any atom is -0.493 e. The zero-order valence-corrected chi connectivity index (χ0v) is 30.4. The smallest absolute Gasteiger partial charge is 0.416 e. The van der Waals surface area contributed by atoms with Crippen LogP contribution in [-0.2, 0) is 4.74 Å². The fourth-order valence-corrected chi connectivity index (χ4v) is 7.27. The lowest BCUT2D eigenvalue weighted by Crippen LogP contribution is -2.51. The Bertz CT molecular complexity index is 1840. The first-order valence-corrected chi connectivity index (χ1v) is 18.0. The Kier molecular flexibility index (Phi) is 9.87. The molecule has 4 aliphatic heterocycles. The number of hydrogen-bond acceptors (Lipinski definition) is 11. The Labute approximate surface area is 308 Å². The van der Waals surface area contributed by atoms with Crippen molar-refractivity contribution in [3.63, 3.8) is 0 Å². The molecule has 2 aromatic rings. The van der Waals surface area contributed by atoms with Gasteiger partial charge in [-0.2, -0.15) is 12.6 Å². The van der Waals surface area contributed by atoms with Gasteiger partial charge < -0.3 is 38.6 Å². The molecule has 13 nitrogen and oxygen atoms in total. The lowest BCUT2D eigenvalue weighted by atomic mass is 10.1. The maximum Gasteiger partial charge on any atom is 0.416 e. The van der Waals surface area contributed by atoms with Gasteiger partial charge in [0.2, 0.25) is 0 Å². The number of aliphatic imine (C=N–C) groups is 1. The van der Waals surface area contributed by atoms with Crippen LogP contribution in [0.5, 0.6) is 23.0 Å². The van der Waals surface area contributed by atoms with Crippen LogP contribution in [-0.4, -0.2) is 109 Å². The van der Waals surface area contributed by atoms with Crippen molar-refractivity contribution < 1.29 is 43.2 Å². The monoisotopic (exact) mass is 732 g/mol. The van der Waals surface area contributed by atoms with Gasteiger partial charge in [0.25, 0.3) is 11.8 Å². The number of unbranched alkanes of at least 4 members (excludes halogenated alkanes) is 2. The van der Waals surface area contributed by atoms with E-state index in [4.69, 9.17) is 23.7 Å². The molecule has 1 saturated carbocycles. The van der Waals surface area contributed by atoms with E-state index in [1.165, 1.54) is 19.1 Å². The number of methoxy groups -OCH3 is 2. The highest BCUT2D eigenvalue weighted by Gasteiger charge is 2.47. The standard InChI is InChI=1S/C38H44N4O9S/c1-22-12-24-18-39-27-16-32(30(47-3)14-25(27)34(43)40(24)19-22)49-10-6-5-7-11-50-33-17-28-26(15-31(33)48-4)35(44)41-20-23(2)13-29(41)36(45)42(28)37(46)51-21-38(52)8-9-38/h14-18,24,29,36,45,52H,1-2,5-13,19-21H2,3-4H3/t24?,29-,36-/m0/s1. The number of anilines is 1. The van der Waals surface area contributed by atoms with Crippen LogP contribution in [0, 0.1) is 0 Å². The largest absolute Gasteiger partial charge is 0.493 e. The Hall–Kier alpha value is -4.69. The van der Waals surface area contributed by atoms with Crippen LogP contribution in [0.15, 0.2) is 53.6 Å². The summed E-state index contributed by atoms with van der Waals surface area (Å²) in [7, 11) is 3.02. The van der Waals surface area contributed by atoms with Crippen LogP contribution in [0.3, 0.4) is 0 Å². The van der Waals surface area contributed by atoms with Gasteiger partial charge in [-0.15, -0.1) is 0 Å². The summed E-state index contributed by atoms with van der Waals surface area (Å²) in [5, 5.41) is 11.5. The summed E-state index contributed by atoms with van der Waals surface area (Å²) in [4.78, 5) is 49.6. The molecule has 2 saturated heterocycles. The highest BCUT2D eigenvalue weighted by molar-refractivity contribution is 7.82. The number of ether oxygens (including phenoxy) is 5. The number of carbonyl (C=O) groups is 3. The third kappa shape index (κ3) is 6.93. The molecule has 3 fully saturated rings. The van der Waals surface area contributed by atoms with E-state index in [1.807, 2.05) is 0 Å². The van der Waals surface area contributed by atoms with Crippen molar-refractivity contribution in [1.82, 2.24) is 9.80 Å². The molecule has 2 aromatic carbocycles. The van der Waals surface area contributed by atoms with Crippen LogP contribution in [0.2, 0.25) is 0 Å². The summed E-state index contributed by atoms with van der Waals surface area (Å²) in [6.45, 7) is 9.64. The summed E-state index contributed by atoms with van der Waals surface area (Å²) in [6, 6.07) is 5.76. The predicted molar refractivity (Wildman–Crippen MR) is 197 cm³/mol. The second-order valence-corrected chi connectivity index (χ2v) is 15.0. The second kappa shape index (κ2) is 14.4. The minimum atomic E-state index is -1.36.